The Kier molecular flexibility index (Phi) is 7.60. The number of carbonyl (C=O) groups is 1. The topological polar surface area (TPSA) is 131 Å². The van der Waals surface area contributed by atoms with E-state index < -0.39 is 21.6 Å². The molecule has 1 saturated heterocycles. The van der Waals surface area contributed by atoms with Gasteiger partial charge in [0.1, 0.15) is 15.4 Å². The molecule has 40 heavy (non-hydrogen) atoms. The van der Waals surface area contributed by atoms with Crippen LogP contribution in [0.15, 0.2) is 36.7 Å². The number of hydrogen-bond donors (Lipinski definition) is 2. The molecule has 4 aromatic rings. The van der Waals surface area contributed by atoms with Gasteiger partial charge in [-0.05, 0) is 44.5 Å². The van der Waals surface area contributed by atoms with Gasteiger partial charge in [-0.15, -0.1) is 0 Å². The highest BCUT2D eigenvalue weighted by Gasteiger charge is 2.25. The molecule has 0 bridgehead atoms. The molecule has 13 heteroatoms. The van der Waals surface area contributed by atoms with E-state index in [0.29, 0.717) is 16.3 Å². The third-order valence-electron chi connectivity index (χ3n) is 6.67. The number of anilines is 2. The van der Waals surface area contributed by atoms with Crippen LogP contribution in [-0.2, 0) is 16.9 Å². The van der Waals surface area contributed by atoms with Crippen molar-refractivity contribution in [1.29, 1.82) is 0 Å². The minimum absolute atomic E-state index is 0.0183. The van der Waals surface area contributed by atoms with Crippen LogP contribution in [0.5, 0.6) is 6.01 Å². The van der Waals surface area contributed by atoms with E-state index in [1.165, 1.54) is 17.0 Å². The Morgan fingerprint density at radius 1 is 1.20 bits per heavy atom. The molecule has 212 valence electrons. The first kappa shape index (κ1) is 27.7. The molecule has 1 amide bonds. The smallest absolute Gasteiger partial charge is 0.316 e. The van der Waals surface area contributed by atoms with Crippen molar-refractivity contribution in [1.82, 2.24) is 25.1 Å². The summed E-state index contributed by atoms with van der Waals surface area (Å²) in [5.74, 6) is -1.03. The highest BCUT2D eigenvalue weighted by molar-refractivity contribution is 7.90. The maximum absolute atomic E-state index is 14.6. The van der Waals surface area contributed by atoms with Gasteiger partial charge in [-0.25, -0.2) is 17.8 Å². The summed E-state index contributed by atoms with van der Waals surface area (Å²) in [5.41, 5.74) is 2.05. The fourth-order valence-electron chi connectivity index (χ4n) is 5.11. The zero-order valence-corrected chi connectivity index (χ0v) is 23.6. The first-order valence-corrected chi connectivity index (χ1v) is 15.1. The van der Waals surface area contributed by atoms with Crippen molar-refractivity contribution in [2.45, 2.75) is 32.4 Å². The molecular weight excluding hydrogens is 537 g/mol. The van der Waals surface area contributed by atoms with Crippen molar-refractivity contribution in [3.05, 3.63) is 48.0 Å². The van der Waals surface area contributed by atoms with Gasteiger partial charge in [-0.3, -0.25) is 9.48 Å². The van der Waals surface area contributed by atoms with Gasteiger partial charge in [-0.2, -0.15) is 10.1 Å². The number of sulfone groups is 1. The number of fused-ring (bicyclic) bond motifs is 2. The van der Waals surface area contributed by atoms with Crippen LogP contribution in [-0.4, -0.2) is 77.9 Å². The molecule has 5 rings (SSSR count). The summed E-state index contributed by atoms with van der Waals surface area (Å²) in [5, 5.41) is 11.6. The monoisotopic (exact) mass is 569 g/mol. The molecule has 1 aliphatic heterocycles. The average Bonchev–Trinajstić information content (AvgIpc) is 3.25. The quantitative estimate of drug-likeness (QED) is 0.308. The normalized spacial score (nSPS) is 17.9. The van der Waals surface area contributed by atoms with Crippen LogP contribution in [0, 0.1) is 5.82 Å². The summed E-state index contributed by atoms with van der Waals surface area (Å²) in [6.07, 6.45) is 4.75. The second kappa shape index (κ2) is 11.0. The van der Waals surface area contributed by atoms with E-state index in [1.54, 1.807) is 31.6 Å². The lowest BCUT2D eigenvalue weighted by molar-refractivity contribution is 0.102. The molecule has 0 unspecified atom stereocenters. The first-order valence-electron chi connectivity index (χ1n) is 13.0. The highest BCUT2D eigenvalue weighted by atomic mass is 32.2. The number of rotatable bonds is 8. The number of halogens is 1. The standard InChI is InChI=1S/C27H32FN7O4S/c1-16-13-35(14-17(2)30-16)23-7-6-20(25-21(23)12-29-27(32-25)39-8-5-9-40(4,37)38)26(36)31-19-10-18-15-34(3)33-24(18)22(28)11-19/h6-7,10-12,15-17,30H,5,8-9,13-14H2,1-4H3,(H,31,36)/t16-,17+. The lowest BCUT2D eigenvalue weighted by Gasteiger charge is -2.38. The number of benzene rings is 2. The number of piperazine rings is 1. The van der Waals surface area contributed by atoms with Crippen molar-refractivity contribution in [2.75, 3.05) is 41.9 Å². The van der Waals surface area contributed by atoms with Crippen LogP contribution in [0.4, 0.5) is 15.8 Å². The molecule has 1 fully saturated rings. The fraction of sp³-hybridized carbons (Fsp3) is 0.407. The molecule has 2 aromatic carbocycles. The molecule has 2 aromatic heterocycles. The molecule has 0 radical (unpaired) electrons. The van der Waals surface area contributed by atoms with Crippen LogP contribution < -0.4 is 20.3 Å². The van der Waals surface area contributed by atoms with Crippen molar-refractivity contribution in [3.63, 3.8) is 0 Å². The predicted octanol–water partition coefficient (Wildman–Crippen LogP) is 2.91. The van der Waals surface area contributed by atoms with Crippen LogP contribution in [0.2, 0.25) is 0 Å². The Bertz CT molecular complexity index is 1680. The Labute approximate surface area is 231 Å². The SMILES string of the molecule is C[C@@H]1CN(c2ccc(C(=O)Nc3cc(F)c4nn(C)cc4c3)c3nc(OCCCS(C)(=O)=O)ncc23)C[C@H](C)N1. The number of hydrogen-bond acceptors (Lipinski definition) is 9. The zero-order chi connectivity index (χ0) is 28.6. The third-order valence-corrected chi connectivity index (χ3v) is 7.70. The van der Waals surface area contributed by atoms with Gasteiger partial charge in [0.2, 0.25) is 0 Å². The number of nitrogens with zero attached hydrogens (tertiary/aromatic N) is 5. The molecule has 3 heterocycles. The molecule has 0 saturated carbocycles. The van der Waals surface area contributed by atoms with Crippen molar-refractivity contribution < 1.29 is 22.3 Å². The summed E-state index contributed by atoms with van der Waals surface area (Å²) in [6.45, 7) is 5.86. The number of ether oxygens (including phenoxy) is 1. The van der Waals surface area contributed by atoms with E-state index in [2.05, 4.69) is 44.4 Å². The molecular formula is C27H32FN7O4S. The lowest BCUT2D eigenvalue weighted by atomic mass is 10.0. The van der Waals surface area contributed by atoms with Gasteiger partial charge in [0.25, 0.3) is 5.91 Å². The lowest BCUT2D eigenvalue weighted by Crippen LogP contribution is -2.54. The minimum atomic E-state index is -3.12. The Morgan fingerprint density at radius 2 is 1.95 bits per heavy atom. The van der Waals surface area contributed by atoms with Crippen molar-refractivity contribution in [2.24, 2.45) is 7.05 Å². The Balaban J connectivity index is 1.49. The molecule has 2 atom stereocenters. The van der Waals surface area contributed by atoms with E-state index in [9.17, 15) is 17.6 Å². The van der Waals surface area contributed by atoms with Crippen molar-refractivity contribution >= 4 is 48.9 Å². The van der Waals surface area contributed by atoms with Gasteiger partial charge < -0.3 is 20.3 Å². The number of carbonyl (C=O) groups excluding carboxylic acids is 1. The van der Waals surface area contributed by atoms with E-state index in [4.69, 9.17) is 4.74 Å². The fourth-order valence-corrected chi connectivity index (χ4v) is 5.75. The molecule has 0 aliphatic carbocycles. The van der Waals surface area contributed by atoms with Crippen LogP contribution in [0.25, 0.3) is 21.8 Å². The van der Waals surface area contributed by atoms with E-state index in [0.717, 1.165) is 18.8 Å². The maximum atomic E-state index is 14.6. The second-order valence-corrected chi connectivity index (χ2v) is 12.7. The number of nitrogens with one attached hydrogen (secondary N) is 2. The second-order valence-electron chi connectivity index (χ2n) is 10.4. The Hall–Kier alpha value is -3.84. The van der Waals surface area contributed by atoms with Crippen LogP contribution >= 0.6 is 0 Å². The van der Waals surface area contributed by atoms with Crippen LogP contribution in [0.3, 0.4) is 0 Å². The minimum Gasteiger partial charge on any atom is -0.463 e. The van der Waals surface area contributed by atoms with Gasteiger partial charge >= 0.3 is 6.01 Å². The Morgan fingerprint density at radius 3 is 2.67 bits per heavy atom. The maximum Gasteiger partial charge on any atom is 0.316 e. The number of aryl methyl sites for hydroxylation is 1. The first-order chi connectivity index (χ1) is 19.0. The van der Waals surface area contributed by atoms with Gasteiger partial charge in [0, 0.05) is 73.0 Å². The summed E-state index contributed by atoms with van der Waals surface area (Å²) in [7, 11) is -1.42. The highest BCUT2D eigenvalue weighted by Crippen LogP contribution is 2.31. The summed E-state index contributed by atoms with van der Waals surface area (Å²) < 4.78 is 44.7. The average molecular weight is 570 g/mol. The van der Waals surface area contributed by atoms with E-state index >= 15 is 0 Å². The molecule has 11 nitrogen and oxygen atoms in total. The van der Waals surface area contributed by atoms with Gasteiger partial charge in [0.15, 0.2) is 5.82 Å². The van der Waals surface area contributed by atoms with Crippen LogP contribution in [0.1, 0.15) is 30.6 Å². The van der Waals surface area contributed by atoms with Gasteiger partial charge in [-0.1, -0.05) is 0 Å². The van der Waals surface area contributed by atoms with E-state index in [-0.39, 0.29) is 53.6 Å². The van der Waals surface area contributed by atoms with Crippen molar-refractivity contribution in [3.8, 4) is 6.01 Å². The summed E-state index contributed by atoms with van der Waals surface area (Å²) in [4.78, 5) is 24.7. The number of amides is 1. The largest absolute Gasteiger partial charge is 0.463 e. The number of aromatic nitrogens is 4. The zero-order valence-electron chi connectivity index (χ0n) is 22.8. The third kappa shape index (κ3) is 6.15. The summed E-state index contributed by atoms with van der Waals surface area (Å²) in [6, 6.07) is 7.03. The molecule has 1 aliphatic rings. The molecule has 0 spiro atoms. The van der Waals surface area contributed by atoms with Gasteiger partial charge in [0.05, 0.1) is 23.4 Å². The molecule has 2 N–H and O–H groups in total. The summed E-state index contributed by atoms with van der Waals surface area (Å²) >= 11 is 0. The van der Waals surface area contributed by atoms with E-state index in [1.807, 2.05) is 6.07 Å². The predicted molar refractivity (Wildman–Crippen MR) is 152 cm³/mol.